The Hall–Kier alpha value is -1.23. The second-order valence-electron chi connectivity index (χ2n) is 5.12. The number of nitrogens with one attached hydrogen (secondary N) is 2. The van der Waals surface area contributed by atoms with Crippen LogP contribution in [-0.2, 0) is 6.18 Å². The van der Waals surface area contributed by atoms with Crippen molar-refractivity contribution < 1.29 is 13.2 Å². The van der Waals surface area contributed by atoms with Crippen molar-refractivity contribution in [1.82, 2.24) is 5.32 Å². The van der Waals surface area contributed by atoms with E-state index in [-0.39, 0.29) is 0 Å². The van der Waals surface area contributed by atoms with Crippen LogP contribution >= 0.6 is 0 Å². The van der Waals surface area contributed by atoms with Crippen molar-refractivity contribution in [2.24, 2.45) is 5.92 Å². The lowest BCUT2D eigenvalue weighted by atomic mass is 9.99. The molecule has 1 atom stereocenters. The second kappa shape index (κ2) is 5.82. The van der Waals surface area contributed by atoms with Crippen LogP contribution in [0.3, 0.4) is 0 Å². The van der Waals surface area contributed by atoms with Crippen LogP contribution in [0.5, 0.6) is 0 Å². The molecule has 2 nitrogen and oxygen atoms in total. The maximum absolute atomic E-state index is 12.7. The molecule has 19 heavy (non-hydrogen) atoms. The summed E-state index contributed by atoms with van der Waals surface area (Å²) in [5.41, 5.74) is 0.833. The van der Waals surface area contributed by atoms with E-state index >= 15 is 0 Å². The highest BCUT2D eigenvalue weighted by atomic mass is 19.4. The Morgan fingerprint density at radius 2 is 2.16 bits per heavy atom. The third kappa shape index (κ3) is 3.86. The third-order valence-corrected chi connectivity index (χ3v) is 3.55. The minimum Gasteiger partial charge on any atom is -0.384 e. The van der Waals surface area contributed by atoms with Gasteiger partial charge in [0.15, 0.2) is 0 Å². The van der Waals surface area contributed by atoms with Crippen molar-refractivity contribution in [1.29, 1.82) is 0 Å². The first-order chi connectivity index (χ1) is 8.97. The molecule has 0 spiro atoms. The summed E-state index contributed by atoms with van der Waals surface area (Å²) in [5.74, 6) is 0.489. The quantitative estimate of drug-likeness (QED) is 0.881. The van der Waals surface area contributed by atoms with Crippen LogP contribution in [-0.4, -0.2) is 19.6 Å². The van der Waals surface area contributed by atoms with Gasteiger partial charge in [0.25, 0.3) is 0 Å². The summed E-state index contributed by atoms with van der Waals surface area (Å²) in [6.07, 6.45) is -2.03. The van der Waals surface area contributed by atoms with Crippen molar-refractivity contribution in [3.63, 3.8) is 0 Å². The van der Waals surface area contributed by atoms with Crippen LogP contribution in [0.2, 0.25) is 0 Å². The van der Waals surface area contributed by atoms with Crippen molar-refractivity contribution in [2.75, 3.05) is 25.0 Å². The largest absolute Gasteiger partial charge is 0.416 e. The second-order valence-corrected chi connectivity index (χ2v) is 5.12. The van der Waals surface area contributed by atoms with Crippen LogP contribution in [0, 0.1) is 12.8 Å². The van der Waals surface area contributed by atoms with E-state index in [1.54, 1.807) is 0 Å². The molecule has 0 radical (unpaired) electrons. The molecule has 1 aromatic rings. The highest BCUT2D eigenvalue weighted by Gasteiger charge is 2.30. The predicted octanol–water partition coefficient (Wildman–Crippen LogP) is 3.43. The normalized spacial score (nSPS) is 20.3. The van der Waals surface area contributed by atoms with E-state index in [1.807, 2.05) is 6.92 Å². The van der Waals surface area contributed by atoms with Gasteiger partial charge in [-0.2, -0.15) is 13.2 Å². The molecule has 1 saturated heterocycles. The predicted molar refractivity (Wildman–Crippen MR) is 70.3 cm³/mol. The maximum atomic E-state index is 12.7. The molecule has 2 rings (SSSR count). The lowest BCUT2D eigenvalue weighted by Crippen LogP contribution is -2.33. The molecule has 1 aliphatic heterocycles. The Bertz CT molecular complexity index is 423. The summed E-state index contributed by atoms with van der Waals surface area (Å²) in [5, 5.41) is 6.46. The van der Waals surface area contributed by atoms with E-state index in [0.717, 1.165) is 44.1 Å². The van der Waals surface area contributed by atoms with Gasteiger partial charge in [-0.05, 0) is 56.5 Å². The zero-order chi connectivity index (χ0) is 13.9. The lowest BCUT2D eigenvalue weighted by molar-refractivity contribution is -0.137. The zero-order valence-electron chi connectivity index (χ0n) is 11.0. The summed E-state index contributed by atoms with van der Waals surface area (Å²) < 4.78 is 38.0. The van der Waals surface area contributed by atoms with Gasteiger partial charge in [-0.25, -0.2) is 0 Å². The standard InChI is InChI=1S/C14H19F3N2/c1-10-4-5-12(14(15,16)17)7-13(10)19-9-11-3-2-6-18-8-11/h4-5,7,11,18-19H,2-3,6,8-9H2,1H3. The van der Waals surface area contributed by atoms with E-state index in [1.165, 1.54) is 12.1 Å². The Balaban J connectivity index is 2.02. The van der Waals surface area contributed by atoms with Crippen LogP contribution in [0.1, 0.15) is 24.0 Å². The smallest absolute Gasteiger partial charge is 0.384 e. The summed E-state index contributed by atoms with van der Waals surface area (Å²) >= 11 is 0. The molecule has 5 heteroatoms. The van der Waals surface area contributed by atoms with Crippen LogP contribution in [0.4, 0.5) is 18.9 Å². The number of piperidine rings is 1. The number of anilines is 1. The van der Waals surface area contributed by atoms with Crippen LogP contribution < -0.4 is 10.6 Å². The molecule has 1 heterocycles. The zero-order valence-corrected chi connectivity index (χ0v) is 11.0. The molecule has 1 aliphatic rings. The number of rotatable bonds is 3. The van der Waals surface area contributed by atoms with E-state index in [4.69, 9.17) is 0 Å². The summed E-state index contributed by atoms with van der Waals surface area (Å²) in [4.78, 5) is 0. The Morgan fingerprint density at radius 1 is 1.37 bits per heavy atom. The van der Waals surface area contributed by atoms with Gasteiger partial charge in [0.05, 0.1) is 5.56 Å². The van der Waals surface area contributed by atoms with Gasteiger partial charge < -0.3 is 10.6 Å². The van der Waals surface area contributed by atoms with E-state index in [0.29, 0.717) is 11.6 Å². The molecule has 0 saturated carbocycles. The molecule has 0 aliphatic carbocycles. The van der Waals surface area contributed by atoms with Gasteiger partial charge in [-0.1, -0.05) is 6.07 Å². The molecular weight excluding hydrogens is 253 g/mol. The molecule has 0 amide bonds. The highest BCUT2D eigenvalue weighted by Crippen LogP contribution is 2.32. The average Bonchev–Trinajstić information content (AvgIpc) is 2.37. The van der Waals surface area contributed by atoms with Crippen molar-refractivity contribution >= 4 is 5.69 Å². The molecular formula is C14H19F3N2. The first-order valence-corrected chi connectivity index (χ1v) is 6.59. The third-order valence-electron chi connectivity index (χ3n) is 3.55. The maximum Gasteiger partial charge on any atom is 0.416 e. The molecule has 106 valence electrons. The summed E-state index contributed by atoms with van der Waals surface area (Å²) in [6, 6.07) is 3.85. The van der Waals surface area contributed by atoms with Gasteiger partial charge in [0.2, 0.25) is 0 Å². The van der Waals surface area contributed by atoms with Crippen LogP contribution in [0.25, 0.3) is 0 Å². The minimum atomic E-state index is -4.28. The molecule has 2 N–H and O–H groups in total. The molecule has 1 fully saturated rings. The molecule has 1 unspecified atom stereocenters. The van der Waals surface area contributed by atoms with Gasteiger partial charge >= 0.3 is 6.18 Å². The number of hydrogen-bond donors (Lipinski definition) is 2. The fourth-order valence-electron chi connectivity index (χ4n) is 2.34. The Morgan fingerprint density at radius 3 is 2.79 bits per heavy atom. The van der Waals surface area contributed by atoms with Gasteiger partial charge in [-0.3, -0.25) is 0 Å². The Kier molecular flexibility index (Phi) is 4.34. The van der Waals surface area contributed by atoms with Crippen LogP contribution in [0.15, 0.2) is 18.2 Å². The minimum absolute atomic E-state index is 0.489. The first kappa shape index (κ1) is 14.2. The molecule has 1 aromatic carbocycles. The number of benzene rings is 1. The fourth-order valence-corrected chi connectivity index (χ4v) is 2.34. The van der Waals surface area contributed by atoms with Crippen molar-refractivity contribution in [3.8, 4) is 0 Å². The fraction of sp³-hybridized carbons (Fsp3) is 0.571. The molecule has 0 aromatic heterocycles. The number of aryl methyl sites for hydroxylation is 1. The van der Waals surface area contributed by atoms with E-state index in [2.05, 4.69) is 10.6 Å². The molecule has 0 bridgehead atoms. The van der Waals surface area contributed by atoms with Gasteiger partial charge in [0.1, 0.15) is 0 Å². The van der Waals surface area contributed by atoms with Gasteiger partial charge in [0, 0.05) is 12.2 Å². The lowest BCUT2D eigenvalue weighted by Gasteiger charge is -2.24. The number of hydrogen-bond acceptors (Lipinski definition) is 2. The first-order valence-electron chi connectivity index (χ1n) is 6.59. The van der Waals surface area contributed by atoms with Crippen molar-refractivity contribution in [3.05, 3.63) is 29.3 Å². The number of halogens is 3. The summed E-state index contributed by atoms with van der Waals surface area (Å²) in [6.45, 7) is 4.51. The van der Waals surface area contributed by atoms with E-state index < -0.39 is 11.7 Å². The van der Waals surface area contributed by atoms with Crippen molar-refractivity contribution in [2.45, 2.75) is 25.9 Å². The van der Waals surface area contributed by atoms with E-state index in [9.17, 15) is 13.2 Å². The highest BCUT2D eigenvalue weighted by molar-refractivity contribution is 5.53. The monoisotopic (exact) mass is 272 g/mol. The average molecular weight is 272 g/mol. The van der Waals surface area contributed by atoms with Gasteiger partial charge in [-0.15, -0.1) is 0 Å². The Labute approximate surface area is 111 Å². The SMILES string of the molecule is Cc1ccc(C(F)(F)F)cc1NCC1CCCNC1. The topological polar surface area (TPSA) is 24.1 Å². The number of alkyl halides is 3. The summed E-state index contributed by atoms with van der Waals surface area (Å²) in [7, 11) is 0.